The van der Waals surface area contributed by atoms with Gasteiger partial charge in [0.05, 0.1) is 12.1 Å². The summed E-state index contributed by atoms with van der Waals surface area (Å²) in [5, 5.41) is 12.1. The van der Waals surface area contributed by atoms with E-state index in [1.165, 1.54) is 12.1 Å². The molecule has 1 heterocycles. The van der Waals surface area contributed by atoms with Crippen LogP contribution >= 0.6 is 0 Å². The molecule has 24 heavy (non-hydrogen) atoms. The topological polar surface area (TPSA) is 52.6 Å². The van der Waals surface area contributed by atoms with Gasteiger partial charge in [-0.05, 0) is 62.0 Å². The highest BCUT2D eigenvalue weighted by Gasteiger charge is 2.33. The van der Waals surface area contributed by atoms with Crippen molar-refractivity contribution in [3.63, 3.8) is 0 Å². The largest absolute Gasteiger partial charge is 0.416 e. The SMILES string of the molecule is CCC1(CO)CCN(CC(=O)Nc2ccc(C(F)(F)F)cc2)CC1. The molecule has 1 aliphatic heterocycles. The number of benzene rings is 1. The number of hydrogen-bond donors (Lipinski definition) is 2. The van der Waals surface area contributed by atoms with E-state index in [4.69, 9.17) is 0 Å². The molecule has 0 radical (unpaired) electrons. The molecule has 134 valence electrons. The summed E-state index contributed by atoms with van der Waals surface area (Å²) in [7, 11) is 0. The fraction of sp³-hybridized carbons (Fsp3) is 0.588. The number of amides is 1. The van der Waals surface area contributed by atoms with E-state index in [-0.39, 0.29) is 24.5 Å². The van der Waals surface area contributed by atoms with Crippen molar-refractivity contribution in [1.82, 2.24) is 4.90 Å². The van der Waals surface area contributed by atoms with Gasteiger partial charge in [0.15, 0.2) is 0 Å². The van der Waals surface area contributed by atoms with Gasteiger partial charge in [0, 0.05) is 12.3 Å². The Bertz CT molecular complexity index is 544. The molecule has 0 aromatic heterocycles. The number of carbonyl (C=O) groups excluding carboxylic acids is 1. The molecule has 4 nitrogen and oxygen atoms in total. The zero-order valence-corrected chi connectivity index (χ0v) is 13.7. The molecule has 1 fully saturated rings. The standard InChI is InChI=1S/C17H23F3N2O2/c1-2-16(12-23)7-9-22(10-8-16)11-15(24)21-14-5-3-13(4-6-14)17(18,19)20/h3-6,23H,2,7-12H2,1H3,(H,21,24). The minimum atomic E-state index is -4.38. The smallest absolute Gasteiger partial charge is 0.396 e. The number of likely N-dealkylation sites (tertiary alicyclic amines) is 1. The molecule has 0 saturated carbocycles. The number of hydrogen-bond acceptors (Lipinski definition) is 3. The number of carbonyl (C=O) groups is 1. The number of nitrogens with one attached hydrogen (secondary N) is 1. The zero-order chi connectivity index (χ0) is 17.8. The maximum Gasteiger partial charge on any atom is 0.416 e. The van der Waals surface area contributed by atoms with Crippen LogP contribution in [0.4, 0.5) is 18.9 Å². The summed E-state index contributed by atoms with van der Waals surface area (Å²) in [6, 6.07) is 4.41. The van der Waals surface area contributed by atoms with E-state index in [2.05, 4.69) is 12.2 Å². The van der Waals surface area contributed by atoms with Gasteiger partial charge in [-0.2, -0.15) is 13.2 Å². The van der Waals surface area contributed by atoms with Crippen LogP contribution in [0.2, 0.25) is 0 Å². The van der Waals surface area contributed by atoms with Crippen molar-refractivity contribution in [2.75, 3.05) is 31.6 Å². The maximum atomic E-state index is 12.5. The van der Waals surface area contributed by atoms with Crippen molar-refractivity contribution < 1.29 is 23.1 Å². The molecule has 2 N–H and O–H groups in total. The third-order valence-corrected chi connectivity index (χ3v) is 4.87. The predicted octanol–water partition coefficient (Wildman–Crippen LogP) is 3.13. The molecule has 1 aromatic rings. The van der Waals surface area contributed by atoms with Gasteiger partial charge in [0.25, 0.3) is 0 Å². The van der Waals surface area contributed by atoms with Crippen LogP contribution in [0.1, 0.15) is 31.7 Å². The first-order valence-electron chi connectivity index (χ1n) is 8.08. The molecular weight excluding hydrogens is 321 g/mol. The predicted molar refractivity (Wildman–Crippen MR) is 85.6 cm³/mol. The van der Waals surface area contributed by atoms with Gasteiger partial charge in [0.2, 0.25) is 5.91 Å². The third-order valence-electron chi connectivity index (χ3n) is 4.87. The summed E-state index contributed by atoms with van der Waals surface area (Å²) in [6.45, 7) is 3.88. The number of piperidine rings is 1. The van der Waals surface area contributed by atoms with Crippen LogP contribution < -0.4 is 5.32 Å². The number of anilines is 1. The Labute approximate surface area is 139 Å². The van der Waals surface area contributed by atoms with Crippen molar-refractivity contribution in [2.24, 2.45) is 5.41 Å². The number of aliphatic hydroxyl groups excluding tert-OH is 1. The number of halogens is 3. The van der Waals surface area contributed by atoms with Gasteiger partial charge in [-0.1, -0.05) is 6.92 Å². The van der Waals surface area contributed by atoms with Crippen LogP contribution in [0, 0.1) is 5.41 Å². The third kappa shape index (κ3) is 4.70. The van der Waals surface area contributed by atoms with Gasteiger partial charge in [-0.25, -0.2) is 0 Å². The zero-order valence-electron chi connectivity index (χ0n) is 13.7. The van der Waals surface area contributed by atoms with Crippen LogP contribution in [0.5, 0.6) is 0 Å². The van der Waals surface area contributed by atoms with Crippen molar-refractivity contribution in [1.29, 1.82) is 0 Å². The second kappa shape index (κ2) is 7.53. The van der Waals surface area contributed by atoms with E-state index in [0.717, 1.165) is 44.5 Å². The van der Waals surface area contributed by atoms with Gasteiger partial charge < -0.3 is 10.4 Å². The molecule has 0 atom stereocenters. The van der Waals surface area contributed by atoms with Gasteiger partial charge in [0.1, 0.15) is 0 Å². The normalized spacial score (nSPS) is 18.4. The Balaban J connectivity index is 1.84. The Morgan fingerprint density at radius 3 is 2.29 bits per heavy atom. The van der Waals surface area contributed by atoms with Crippen molar-refractivity contribution in [3.05, 3.63) is 29.8 Å². The van der Waals surface area contributed by atoms with Crippen LogP contribution in [-0.2, 0) is 11.0 Å². The van der Waals surface area contributed by atoms with Crippen LogP contribution in [-0.4, -0.2) is 42.2 Å². The van der Waals surface area contributed by atoms with Crippen molar-refractivity contribution in [2.45, 2.75) is 32.4 Å². The van der Waals surface area contributed by atoms with E-state index >= 15 is 0 Å². The van der Waals surface area contributed by atoms with Crippen LogP contribution in [0.3, 0.4) is 0 Å². The minimum Gasteiger partial charge on any atom is -0.396 e. The number of nitrogens with zero attached hydrogens (tertiary/aromatic N) is 1. The van der Waals surface area contributed by atoms with Crippen molar-refractivity contribution >= 4 is 11.6 Å². The highest BCUT2D eigenvalue weighted by molar-refractivity contribution is 5.92. The van der Waals surface area contributed by atoms with Gasteiger partial charge >= 0.3 is 6.18 Å². The molecule has 1 saturated heterocycles. The van der Waals surface area contributed by atoms with E-state index in [1.807, 2.05) is 4.90 Å². The number of alkyl halides is 3. The van der Waals surface area contributed by atoms with E-state index in [9.17, 15) is 23.1 Å². The Hall–Kier alpha value is -1.60. The average molecular weight is 344 g/mol. The summed E-state index contributed by atoms with van der Waals surface area (Å²) in [5.41, 5.74) is -0.430. The fourth-order valence-electron chi connectivity index (χ4n) is 2.96. The maximum absolute atomic E-state index is 12.5. The molecule has 0 spiro atoms. The van der Waals surface area contributed by atoms with E-state index in [1.54, 1.807) is 0 Å². The Kier molecular flexibility index (Phi) is 5.87. The molecule has 0 bridgehead atoms. The van der Waals surface area contributed by atoms with E-state index < -0.39 is 11.7 Å². The first-order chi connectivity index (χ1) is 11.3. The lowest BCUT2D eigenvalue weighted by Crippen LogP contribution is -2.44. The molecular formula is C17H23F3N2O2. The van der Waals surface area contributed by atoms with Crippen LogP contribution in [0.15, 0.2) is 24.3 Å². The minimum absolute atomic E-state index is 0.0413. The lowest BCUT2D eigenvalue weighted by molar-refractivity contribution is -0.137. The summed E-state index contributed by atoms with van der Waals surface area (Å²) in [4.78, 5) is 14.0. The van der Waals surface area contributed by atoms with Gasteiger partial charge in [-0.15, -0.1) is 0 Å². The Morgan fingerprint density at radius 1 is 1.25 bits per heavy atom. The summed E-state index contributed by atoms with van der Waals surface area (Å²) < 4.78 is 37.5. The first-order valence-corrected chi connectivity index (χ1v) is 8.08. The molecule has 1 aromatic carbocycles. The second-order valence-corrected chi connectivity index (χ2v) is 6.41. The van der Waals surface area contributed by atoms with Crippen LogP contribution in [0.25, 0.3) is 0 Å². The van der Waals surface area contributed by atoms with Crippen molar-refractivity contribution in [3.8, 4) is 0 Å². The molecule has 2 rings (SSSR count). The summed E-state index contributed by atoms with van der Waals surface area (Å²) in [5.74, 6) is -0.247. The summed E-state index contributed by atoms with van der Waals surface area (Å²) in [6.07, 6.45) is -1.79. The summed E-state index contributed by atoms with van der Waals surface area (Å²) >= 11 is 0. The fourth-order valence-corrected chi connectivity index (χ4v) is 2.96. The number of rotatable bonds is 5. The molecule has 7 heteroatoms. The average Bonchev–Trinajstić information content (AvgIpc) is 2.55. The highest BCUT2D eigenvalue weighted by Crippen LogP contribution is 2.34. The van der Waals surface area contributed by atoms with E-state index in [0.29, 0.717) is 5.69 Å². The molecule has 0 aliphatic carbocycles. The quantitative estimate of drug-likeness (QED) is 0.863. The van der Waals surface area contributed by atoms with Gasteiger partial charge in [-0.3, -0.25) is 9.69 Å². The molecule has 1 aliphatic rings. The monoisotopic (exact) mass is 344 g/mol. The Morgan fingerprint density at radius 2 is 1.83 bits per heavy atom. The molecule has 1 amide bonds. The lowest BCUT2D eigenvalue weighted by Gasteiger charge is -2.39. The highest BCUT2D eigenvalue weighted by atomic mass is 19.4. The first kappa shape index (κ1) is 18.7. The second-order valence-electron chi connectivity index (χ2n) is 6.41. The number of aliphatic hydroxyl groups is 1. The lowest BCUT2D eigenvalue weighted by atomic mass is 9.77. The molecule has 0 unspecified atom stereocenters.